The molecule has 7 nitrogen and oxygen atoms in total. The molecule has 3 aromatic rings. The van der Waals surface area contributed by atoms with Crippen molar-refractivity contribution < 1.29 is 0 Å². The van der Waals surface area contributed by atoms with Crippen LogP contribution in [0.3, 0.4) is 0 Å². The molecule has 2 aliphatic heterocycles. The Hall–Kier alpha value is -2.67. The molecule has 31 heavy (non-hydrogen) atoms. The van der Waals surface area contributed by atoms with Crippen molar-refractivity contribution >= 4 is 22.8 Å². The van der Waals surface area contributed by atoms with Crippen molar-refractivity contribution in [1.29, 1.82) is 0 Å². The summed E-state index contributed by atoms with van der Waals surface area (Å²) in [4.78, 5) is 14.9. The van der Waals surface area contributed by atoms with Crippen molar-refractivity contribution in [1.82, 2.24) is 24.6 Å². The number of aryl methyl sites for hydroxylation is 2. The molecule has 0 amide bonds. The summed E-state index contributed by atoms with van der Waals surface area (Å²) in [7, 11) is 1.95. The van der Waals surface area contributed by atoms with Gasteiger partial charge in [0.25, 0.3) is 0 Å². The van der Waals surface area contributed by atoms with E-state index in [0.717, 1.165) is 48.5 Å². The van der Waals surface area contributed by atoms with Gasteiger partial charge >= 0.3 is 0 Å². The number of piperidine rings is 2. The van der Waals surface area contributed by atoms with Gasteiger partial charge in [0, 0.05) is 32.7 Å². The van der Waals surface area contributed by atoms with E-state index in [9.17, 15) is 0 Å². The lowest BCUT2D eigenvalue weighted by Gasteiger charge is -2.40. The molecule has 0 atom stereocenters. The third-order valence-electron chi connectivity index (χ3n) is 6.82. The molecule has 0 saturated carbocycles. The number of nitrogens with zero attached hydrogens (tertiary/aromatic N) is 6. The van der Waals surface area contributed by atoms with Gasteiger partial charge in [-0.15, -0.1) is 0 Å². The van der Waals surface area contributed by atoms with Gasteiger partial charge in [0.15, 0.2) is 5.65 Å². The maximum Gasteiger partial charge on any atom is 0.229 e. The molecule has 0 bridgehead atoms. The van der Waals surface area contributed by atoms with Gasteiger partial charge in [-0.2, -0.15) is 15.1 Å². The Balaban J connectivity index is 1.33. The van der Waals surface area contributed by atoms with Crippen molar-refractivity contribution in [2.24, 2.45) is 7.05 Å². The molecule has 2 saturated heterocycles. The second-order valence-electron chi connectivity index (χ2n) is 9.03. The van der Waals surface area contributed by atoms with Gasteiger partial charge < -0.3 is 15.1 Å². The second-order valence-corrected chi connectivity index (χ2v) is 9.03. The zero-order valence-corrected chi connectivity index (χ0v) is 18.7. The van der Waals surface area contributed by atoms with Gasteiger partial charge in [0.1, 0.15) is 5.82 Å². The number of hydrogen-bond donors (Lipinski definition) is 1. The van der Waals surface area contributed by atoms with Crippen LogP contribution in [0.5, 0.6) is 0 Å². The predicted molar refractivity (Wildman–Crippen MR) is 125 cm³/mol. The van der Waals surface area contributed by atoms with Gasteiger partial charge in [-0.3, -0.25) is 4.68 Å². The largest absolute Gasteiger partial charge is 0.365 e. The van der Waals surface area contributed by atoms with Gasteiger partial charge in [-0.25, -0.2) is 0 Å². The lowest BCUT2D eigenvalue weighted by Crippen LogP contribution is -2.47. The molecule has 2 fully saturated rings. The Bertz CT molecular complexity index is 1010. The molecule has 0 aliphatic carbocycles. The lowest BCUT2D eigenvalue weighted by molar-refractivity contribution is 0.141. The number of nitrogens with one attached hydrogen (secondary N) is 1. The molecule has 2 aliphatic rings. The van der Waals surface area contributed by atoms with Crippen LogP contribution in [0.4, 0.5) is 11.8 Å². The minimum absolute atomic E-state index is 0.719. The van der Waals surface area contributed by atoms with Crippen LogP contribution in [-0.4, -0.2) is 56.9 Å². The van der Waals surface area contributed by atoms with Gasteiger partial charge in [0.2, 0.25) is 5.95 Å². The molecular weight excluding hydrogens is 386 g/mol. The summed E-state index contributed by atoms with van der Waals surface area (Å²) in [5.41, 5.74) is 3.40. The average molecular weight is 420 g/mol. The Labute approximate surface area is 184 Å². The monoisotopic (exact) mass is 419 g/mol. The SMILES string of the molecule is Cc1ccc(CNc2nc(N3CCC(N4CCCCC4)CC3)nc3c2cnn3C)cc1. The molecule has 4 heterocycles. The van der Waals surface area contributed by atoms with E-state index >= 15 is 0 Å². The topological polar surface area (TPSA) is 62.1 Å². The molecule has 5 rings (SSSR count). The van der Waals surface area contributed by atoms with Crippen molar-refractivity contribution in [2.75, 3.05) is 36.4 Å². The number of aromatic nitrogens is 4. The van der Waals surface area contributed by atoms with E-state index in [1.807, 2.05) is 17.9 Å². The van der Waals surface area contributed by atoms with Crippen LogP contribution in [0, 0.1) is 6.92 Å². The molecule has 7 heteroatoms. The zero-order chi connectivity index (χ0) is 21.2. The van der Waals surface area contributed by atoms with Crippen LogP contribution < -0.4 is 10.2 Å². The quantitative estimate of drug-likeness (QED) is 0.680. The highest BCUT2D eigenvalue weighted by molar-refractivity contribution is 5.87. The zero-order valence-electron chi connectivity index (χ0n) is 18.7. The molecule has 1 N–H and O–H groups in total. The second kappa shape index (κ2) is 8.83. The lowest BCUT2D eigenvalue weighted by atomic mass is 10.0. The summed E-state index contributed by atoms with van der Waals surface area (Å²) in [5.74, 6) is 1.69. The van der Waals surface area contributed by atoms with Crippen LogP contribution >= 0.6 is 0 Å². The van der Waals surface area contributed by atoms with E-state index in [2.05, 4.69) is 51.4 Å². The van der Waals surface area contributed by atoms with Crippen LogP contribution in [-0.2, 0) is 13.6 Å². The first kappa shape index (κ1) is 20.2. The van der Waals surface area contributed by atoms with Crippen molar-refractivity contribution in [3.05, 3.63) is 41.6 Å². The van der Waals surface area contributed by atoms with E-state index in [1.54, 1.807) is 0 Å². The van der Waals surface area contributed by atoms with E-state index < -0.39 is 0 Å². The highest BCUT2D eigenvalue weighted by atomic mass is 15.3. The average Bonchev–Trinajstić information content (AvgIpc) is 3.20. The number of rotatable bonds is 5. The first-order valence-electron chi connectivity index (χ1n) is 11.7. The molecule has 0 unspecified atom stereocenters. The maximum absolute atomic E-state index is 4.94. The fourth-order valence-corrected chi connectivity index (χ4v) is 4.89. The van der Waals surface area contributed by atoms with E-state index in [4.69, 9.17) is 9.97 Å². The van der Waals surface area contributed by atoms with Gasteiger partial charge in [-0.1, -0.05) is 36.2 Å². The summed E-state index contributed by atoms with van der Waals surface area (Å²) in [5, 5.41) is 8.94. The summed E-state index contributed by atoms with van der Waals surface area (Å²) in [6.07, 6.45) is 8.36. The number of likely N-dealkylation sites (tertiary alicyclic amines) is 1. The van der Waals surface area contributed by atoms with Crippen LogP contribution in [0.15, 0.2) is 30.5 Å². The summed E-state index contributed by atoms with van der Waals surface area (Å²) < 4.78 is 1.85. The Morgan fingerprint density at radius 2 is 1.71 bits per heavy atom. The fraction of sp³-hybridized carbons (Fsp3) is 0.542. The van der Waals surface area contributed by atoms with Crippen LogP contribution in [0.1, 0.15) is 43.2 Å². The first-order valence-corrected chi connectivity index (χ1v) is 11.7. The third-order valence-corrected chi connectivity index (χ3v) is 6.82. The molecular formula is C24H33N7. The maximum atomic E-state index is 4.94. The number of hydrogen-bond acceptors (Lipinski definition) is 6. The van der Waals surface area contributed by atoms with Crippen molar-refractivity contribution in [3.63, 3.8) is 0 Å². The fourth-order valence-electron chi connectivity index (χ4n) is 4.89. The summed E-state index contributed by atoms with van der Waals surface area (Å²) >= 11 is 0. The minimum atomic E-state index is 0.719. The standard InChI is InChI=1S/C24H33N7/c1-18-6-8-19(9-7-18)16-25-22-21-17-26-29(2)23(21)28-24(27-22)31-14-10-20(11-15-31)30-12-4-3-5-13-30/h6-9,17,20H,3-5,10-16H2,1-2H3,(H,25,27,28). The summed E-state index contributed by atoms with van der Waals surface area (Å²) in [6, 6.07) is 9.34. The summed E-state index contributed by atoms with van der Waals surface area (Å²) in [6.45, 7) is 7.42. The van der Waals surface area contributed by atoms with Crippen molar-refractivity contribution in [2.45, 2.75) is 51.6 Å². The number of anilines is 2. The molecule has 2 aromatic heterocycles. The van der Waals surface area contributed by atoms with Gasteiger partial charge in [-0.05, 0) is 51.3 Å². The Morgan fingerprint density at radius 1 is 0.968 bits per heavy atom. The highest BCUT2D eigenvalue weighted by Gasteiger charge is 2.27. The smallest absolute Gasteiger partial charge is 0.229 e. The molecule has 0 radical (unpaired) electrons. The Kier molecular flexibility index (Phi) is 5.76. The molecule has 1 aromatic carbocycles. The third kappa shape index (κ3) is 4.37. The van der Waals surface area contributed by atoms with Crippen LogP contribution in [0.25, 0.3) is 11.0 Å². The molecule has 0 spiro atoms. The van der Waals surface area contributed by atoms with E-state index in [0.29, 0.717) is 0 Å². The van der Waals surface area contributed by atoms with E-state index in [-0.39, 0.29) is 0 Å². The first-order chi connectivity index (χ1) is 15.2. The normalized spacial score (nSPS) is 18.6. The number of fused-ring (bicyclic) bond motifs is 1. The minimum Gasteiger partial charge on any atom is -0.365 e. The van der Waals surface area contributed by atoms with Crippen LogP contribution in [0.2, 0.25) is 0 Å². The van der Waals surface area contributed by atoms with Gasteiger partial charge in [0.05, 0.1) is 11.6 Å². The highest BCUT2D eigenvalue weighted by Crippen LogP contribution is 2.27. The number of benzene rings is 1. The Morgan fingerprint density at radius 3 is 2.45 bits per heavy atom. The predicted octanol–water partition coefficient (Wildman–Crippen LogP) is 3.74. The van der Waals surface area contributed by atoms with Crippen molar-refractivity contribution in [3.8, 4) is 0 Å². The molecule has 164 valence electrons. The van der Waals surface area contributed by atoms with E-state index in [1.165, 1.54) is 56.3 Å².